The first kappa shape index (κ1) is 9.58. The van der Waals surface area contributed by atoms with Crippen molar-refractivity contribution in [1.82, 2.24) is 5.32 Å². The van der Waals surface area contributed by atoms with E-state index in [-0.39, 0.29) is 24.8 Å². The van der Waals surface area contributed by atoms with E-state index in [9.17, 15) is 13.6 Å². The molecule has 1 N–H and O–H groups in total. The SMILES string of the molecule is O=C(NC1CC(F)(F)C1)c1ccsc1. The fraction of sp³-hybridized carbons (Fsp3) is 0.444. The molecule has 1 aliphatic carbocycles. The molecule has 1 amide bonds. The maximum atomic E-state index is 12.4. The van der Waals surface area contributed by atoms with Gasteiger partial charge in [0.25, 0.3) is 11.8 Å². The lowest BCUT2D eigenvalue weighted by atomic mass is 9.88. The second-order valence-electron chi connectivity index (χ2n) is 3.45. The topological polar surface area (TPSA) is 29.1 Å². The van der Waals surface area contributed by atoms with Crippen LogP contribution in [0.4, 0.5) is 8.78 Å². The lowest BCUT2D eigenvalue weighted by Crippen LogP contribution is -2.50. The van der Waals surface area contributed by atoms with Crippen molar-refractivity contribution in [2.75, 3.05) is 0 Å². The highest BCUT2D eigenvalue weighted by Gasteiger charge is 2.45. The molecule has 1 aromatic heterocycles. The quantitative estimate of drug-likeness (QED) is 0.809. The average molecular weight is 217 g/mol. The Morgan fingerprint density at radius 1 is 1.57 bits per heavy atom. The van der Waals surface area contributed by atoms with E-state index < -0.39 is 5.92 Å². The Hall–Kier alpha value is -0.970. The zero-order valence-corrected chi connectivity index (χ0v) is 8.11. The van der Waals surface area contributed by atoms with Crippen LogP contribution in [0.1, 0.15) is 23.2 Å². The second-order valence-corrected chi connectivity index (χ2v) is 4.23. The number of halogens is 2. The summed E-state index contributed by atoms with van der Waals surface area (Å²) in [7, 11) is 0. The Labute approximate surface area is 83.9 Å². The van der Waals surface area contributed by atoms with Crippen molar-refractivity contribution in [2.45, 2.75) is 24.8 Å². The van der Waals surface area contributed by atoms with Crippen molar-refractivity contribution in [1.29, 1.82) is 0 Å². The van der Waals surface area contributed by atoms with Gasteiger partial charge in [-0.1, -0.05) is 0 Å². The van der Waals surface area contributed by atoms with Gasteiger partial charge in [0.05, 0.1) is 0 Å². The summed E-state index contributed by atoms with van der Waals surface area (Å²) in [5.74, 6) is -2.83. The third-order valence-corrected chi connectivity index (χ3v) is 2.89. The van der Waals surface area contributed by atoms with E-state index in [1.807, 2.05) is 0 Å². The van der Waals surface area contributed by atoms with Gasteiger partial charge >= 0.3 is 0 Å². The van der Waals surface area contributed by atoms with Gasteiger partial charge in [0.1, 0.15) is 0 Å². The summed E-state index contributed by atoms with van der Waals surface area (Å²) in [6.45, 7) is 0. The van der Waals surface area contributed by atoms with Crippen molar-refractivity contribution in [3.05, 3.63) is 22.4 Å². The van der Waals surface area contributed by atoms with Gasteiger partial charge < -0.3 is 5.32 Å². The van der Waals surface area contributed by atoms with Gasteiger partial charge in [-0.15, -0.1) is 0 Å². The van der Waals surface area contributed by atoms with E-state index >= 15 is 0 Å². The van der Waals surface area contributed by atoms with Gasteiger partial charge in [-0.3, -0.25) is 4.79 Å². The fourth-order valence-corrected chi connectivity index (χ4v) is 2.06. The molecule has 76 valence electrons. The molecule has 0 atom stereocenters. The van der Waals surface area contributed by atoms with Crippen LogP contribution in [-0.4, -0.2) is 17.9 Å². The maximum absolute atomic E-state index is 12.4. The van der Waals surface area contributed by atoms with Gasteiger partial charge in [-0.05, 0) is 11.4 Å². The van der Waals surface area contributed by atoms with Crippen molar-refractivity contribution in [3.8, 4) is 0 Å². The van der Waals surface area contributed by atoms with Crippen molar-refractivity contribution >= 4 is 17.2 Å². The number of thiophene rings is 1. The summed E-state index contributed by atoms with van der Waals surface area (Å²) in [5, 5.41) is 6.04. The molecule has 1 heterocycles. The number of hydrogen-bond acceptors (Lipinski definition) is 2. The molecule has 1 aromatic rings. The molecule has 5 heteroatoms. The maximum Gasteiger partial charge on any atom is 0.252 e. The molecular formula is C9H9F2NOS. The van der Waals surface area contributed by atoms with Crippen LogP contribution in [0, 0.1) is 0 Å². The molecule has 1 fully saturated rings. The average Bonchev–Trinajstić information content (AvgIpc) is 2.51. The molecule has 0 spiro atoms. The normalized spacial score (nSPS) is 20.1. The van der Waals surface area contributed by atoms with E-state index in [4.69, 9.17) is 0 Å². The van der Waals surface area contributed by atoms with Gasteiger partial charge in [-0.2, -0.15) is 11.3 Å². The first-order valence-electron chi connectivity index (χ1n) is 4.28. The molecule has 0 saturated heterocycles. The third kappa shape index (κ3) is 1.92. The first-order chi connectivity index (χ1) is 6.57. The Balaban J connectivity index is 1.86. The largest absolute Gasteiger partial charge is 0.349 e. The molecule has 2 nitrogen and oxygen atoms in total. The molecule has 0 radical (unpaired) electrons. The number of hydrogen-bond donors (Lipinski definition) is 1. The molecule has 2 rings (SSSR count). The lowest BCUT2D eigenvalue weighted by Gasteiger charge is -2.35. The summed E-state index contributed by atoms with van der Waals surface area (Å²) in [5.41, 5.74) is 0.546. The Bertz CT molecular complexity index is 329. The minimum absolute atomic E-state index is 0.233. The van der Waals surface area contributed by atoms with Crippen LogP contribution in [0.15, 0.2) is 16.8 Å². The summed E-state index contributed by atoms with van der Waals surface area (Å²) in [6.07, 6.45) is -0.467. The second kappa shape index (κ2) is 3.31. The summed E-state index contributed by atoms with van der Waals surface area (Å²) < 4.78 is 24.9. The number of carbonyl (C=O) groups is 1. The lowest BCUT2D eigenvalue weighted by molar-refractivity contribution is -0.0901. The smallest absolute Gasteiger partial charge is 0.252 e. The molecule has 0 aliphatic heterocycles. The van der Waals surface area contributed by atoms with E-state index in [1.165, 1.54) is 11.3 Å². The van der Waals surface area contributed by atoms with E-state index in [0.29, 0.717) is 5.56 Å². The summed E-state index contributed by atoms with van der Waals surface area (Å²) in [4.78, 5) is 11.4. The highest BCUT2D eigenvalue weighted by atomic mass is 32.1. The first-order valence-corrected chi connectivity index (χ1v) is 5.22. The minimum atomic E-state index is -2.58. The monoisotopic (exact) mass is 217 g/mol. The zero-order chi connectivity index (χ0) is 10.2. The van der Waals surface area contributed by atoms with Crippen LogP contribution in [0.5, 0.6) is 0 Å². The van der Waals surface area contributed by atoms with Gasteiger partial charge in [-0.25, -0.2) is 8.78 Å². The van der Waals surface area contributed by atoms with Crippen LogP contribution in [-0.2, 0) is 0 Å². The molecule has 0 aromatic carbocycles. The predicted molar refractivity (Wildman–Crippen MR) is 49.8 cm³/mol. The van der Waals surface area contributed by atoms with Gasteiger partial charge in [0.15, 0.2) is 0 Å². The van der Waals surface area contributed by atoms with Crippen molar-refractivity contribution in [3.63, 3.8) is 0 Å². The molecule has 0 bridgehead atoms. The molecule has 0 unspecified atom stereocenters. The minimum Gasteiger partial charge on any atom is -0.349 e. The molecule has 1 saturated carbocycles. The van der Waals surface area contributed by atoms with Crippen molar-refractivity contribution < 1.29 is 13.6 Å². The standard InChI is InChI=1S/C9H9F2NOS/c10-9(11)3-7(4-9)12-8(13)6-1-2-14-5-6/h1-2,5,7H,3-4H2,(H,12,13). The highest BCUT2D eigenvalue weighted by molar-refractivity contribution is 7.08. The highest BCUT2D eigenvalue weighted by Crippen LogP contribution is 2.37. The molecular weight excluding hydrogens is 208 g/mol. The summed E-state index contributed by atoms with van der Waals surface area (Å²) >= 11 is 1.41. The third-order valence-electron chi connectivity index (χ3n) is 2.21. The molecule has 14 heavy (non-hydrogen) atoms. The van der Waals surface area contributed by atoms with Crippen LogP contribution in [0.2, 0.25) is 0 Å². The van der Waals surface area contributed by atoms with Gasteiger partial charge in [0.2, 0.25) is 0 Å². The Morgan fingerprint density at radius 3 is 2.79 bits per heavy atom. The van der Waals surface area contributed by atoms with E-state index in [1.54, 1.807) is 16.8 Å². The van der Waals surface area contributed by atoms with Crippen LogP contribution in [0.3, 0.4) is 0 Å². The van der Waals surface area contributed by atoms with Gasteiger partial charge in [0, 0.05) is 29.8 Å². The van der Waals surface area contributed by atoms with E-state index in [2.05, 4.69) is 5.32 Å². The van der Waals surface area contributed by atoms with Crippen LogP contribution in [0.25, 0.3) is 0 Å². The number of amides is 1. The number of alkyl halides is 2. The zero-order valence-electron chi connectivity index (χ0n) is 7.30. The van der Waals surface area contributed by atoms with Crippen LogP contribution >= 0.6 is 11.3 Å². The number of nitrogens with one attached hydrogen (secondary N) is 1. The molecule has 1 aliphatic rings. The Kier molecular flexibility index (Phi) is 2.26. The fourth-order valence-electron chi connectivity index (χ4n) is 1.43. The number of carbonyl (C=O) groups excluding carboxylic acids is 1. The van der Waals surface area contributed by atoms with Crippen molar-refractivity contribution in [2.24, 2.45) is 0 Å². The summed E-state index contributed by atoms with van der Waals surface area (Å²) in [6, 6.07) is 1.31. The Morgan fingerprint density at radius 2 is 2.29 bits per heavy atom. The van der Waals surface area contributed by atoms with E-state index in [0.717, 1.165) is 0 Å². The van der Waals surface area contributed by atoms with Crippen LogP contribution < -0.4 is 5.32 Å². The predicted octanol–water partition coefficient (Wildman–Crippen LogP) is 2.28. The number of rotatable bonds is 2.